The van der Waals surface area contributed by atoms with Crippen LogP contribution < -0.4 is 5.32 Å². The first-order valence-corrected chi connectivity index (χ1v) is 8.36. The predicted molar refractivity (Wildman–Crippen MR) is 97.0 cm³/mol. The van der Waals surface area contributed by atoms with Crippen molar-refractivity contribution in [3.05, 3.63) is 70.7 Å². The molecule has 25 heavy (non-hydrogen) atoms. The van der Waals surface area contributed by atoms with Crippen molar-refractivity contribution in [2.45, 2.75) is 19.5 Å². The molecule has 2 amide bonds. The van der Waals surface area contributed by atoms with Gasteiger partial charge < -0.3 is 15.3 Å². The molecular formula is C19H21ClN2O3. The van der Waals surface area contributed by atoms with Gasteiger partial charge in [-0.25, -0.2) is 0 Å². The van der Waals surface area contributed by atoms with Crippen molar-refractivity contribution in [1.82, 2.24) is 10.2 Å². The summed E-state index contributed by atoms with van der Waals surface area (Å²) < 4.78 is 0. The molecule has 0 saturated heterocycles. The molecule has 2 aromatic carbocycles. The maximum Gasteiger partial charge on any atom is 0.247 e. The first-order chi connectivity index (χ1) is 12.0. The lowest BCUT2D eigenvalue weighted by atomic mass is 10.0. The smallest absolute Gasteiger partial charge is 0.247 e. The SMILES string of the molecule is CC(=O)N(Cc1ccc(Cl)cc1)C(C(=O)NCCO)c1ccccc1. The third-order valence-corrected chi connectivity index (χ3v) is 4.01. The maximum atomic E-state index is 12.7. The molecule has 1 atom stereocenters. The molecule has 6 heteroatoms. The normalized spacial score (nSPS) is 11.6. The summed E-state index contributed by atoms with van der Waals surface area (Å²) in [6, 6.07) is 15.5. The number of rotatable bonds is 7. The minimum absolute atomic E-state index is 0.134. The highest BCUT2D eigenvalue weighted by atomic mass is 35.5. The van der Waals surface area contributed by atoms with Crippen LogP contribution in [0.1, 0.15) is 24.1 Å². The van der Waals surface area contributed by atoms with E-state index >= 15 is 0 Å². The van der Waals surface area contributed by atoms with Gasteiger partial charge in [-0.05, 0) is 23.3 Å². The number of aliphatic hydroxyl groups excluding tert-OH is 1. The number of halogens is 1. The molecule has 2 N–H and O–H groups in total. The van der Waals surface area contributed by atoms with Crippen molar-refractivity contribution < 1.29 is 14.7 Å². The summed E-state index contributed by atoms with van der Waals surface area (Å²) in [6.07, 6.45) is 0. The quantitative estimate of drug-likeness (QED) is 0.797. The molecule has 132 valence electrons. The molecule has 5 nitrogen and oxygen atoms in total. The molecule has 2 rings (SSSR count). The van der Waals surface area contributed by atoms with Gasteiger partial charge in [0.2, 0.25) is 11.8 Å². The number of nitrogens with one attached hydrogen (secondary N) is 1. The van der Waals surface area contributed by atoms with Crippen molar-refractivity contribution in [1.29, 1.82) is 0 Å². The lowest BCUT2D eigenvalue weighted by Gasteiger charge is -2.30. The standard InChI is InChI=1S/C19H21ClN2O3/c1-14(24)22(13-15-7-9-17(20)10-8-15)18(19(25)21-11-12-23)16-5-3-2-4-6-16/h2-10,18,23H,11-13H2,1H3,(H,21,25). The highest BCUT2D eigenvalue weighted by molar-refractivity contribution is 6.30. The predicted octanol–water partition coefficient (Wildman–Crippen LogP) is 2.54. The monoisotopic (exact) mass is 360 g/mol. The molecule has 0 bridgehead atoms. The summed E-state index contributed by atoms with van der Waals surface area (Å²) in [5, 5.41) is 12.2. The molecule has 0 aromatic heterocycles. The van der Waals surface area contributed by atoms with Crippen molar-refractivity contribution >= 4 is 23.4 Å². The van der Waals surface area contributed by atoms with E-state index < -0.39 is 6.04 Å². The Balaban J connectivity index is 2.34. The Morgan fingerprint density at radius 1 is 1.12 bits per heavy atom. The topological polar surface area (TPSA) is 69.6 Å². The van der Waals surface area contributed by atoms with Gasteiger partial charge in [0, 0.05) is 25.0 Å². The van der Waals surface area contributed by atoms with E-state index in [0.29, 0.717) is 10.6 Å². The Labute approximate surface area is 152 Å². The Kier molecular flexibility index (Phi) is 6.98. The molecule has 1 unspecified atom stereocenters. The van der Waals surface area contributed by atoms with Crippen LogP contribution >= 0.6 is 11.6 Å². The summed E-state index contributed by atoms with van der Waals surface area (Å²) in [4.78, 5) is 26.4. The highest BCUT2D eigenvalue weighted by Crippen LogP contribution is 2.24. The second-order valence-corrected chi connectivity index (χ2v) is 6.04. The van der Waals surface area contributed by atoms with E-state index in [0.717, 1.165) is 5.56 Å². The number of nitrogens with zero attached hydrogens (tertiary/aromatic N) is 1. The van der Waals surface area contributed by atoms with E-state index in [1.54, 1.807) is 24.3 Å². The zero-order valence-electron chi connectivity index (χ0n) is 14.0. The largest absolute Gasteiger partial charge is 0.395 e. The molecular weight excluding hydrogens is 340 g/mol. The molecule has 0 aliphatic rings. The van der Waals surface area contributed by atoms with E-state index in [4.69, 9.17) is 16.7 Å². The van der Waals surface area contributed by atoms with Crippen LogP contribution in [0.5, 0.6) is 0 Å². The van der Waals surface area contributed by atoms with E-state index in [2.05, 4.69) is 5.32 Å². The van der Waals surface area contributed by atoms with Crippen LogP contribution in [0.3, 0.4) is 0 Å². The number of hydrogen-bond acceptors (Lipinski definition) is 3. The minimum atomic E-state index is -0.777. The molecule has 0 aliphatic heterocycles. The summed E-state index contributed by atoms with van der Waals surface area (Å²) in [5.74, 6) is -0.549. The zero-order chi connectivity index (χ0) is 18.2. The van der Waals surface area contributed by atoms with Crippen molar-refractivity contribution in [2.24, 2.45) is 0 Å². The van der Waals surface area contributed by atoms with Gasteiger partial charge in [-0.3, -0.25) is 9.59 Å². The van der Waals surface area contributed by atoms with Crippen LogP contribution in [0.4, 0.5) is 0 Å². The lowest BCUT2D eigenvalue weighted by molar-refractivity contribution is -0.140. The summed E-state index contributed by atoms with van der Waals surface area (Å²) >= 11 is 5.91. The van der Waals surface area contributed by atoms with Crippen LogP contribution in [0.25, 0.3) is 0 Å². The van der Waals surface area contributed by atoms with E-state index in [1.165, 1.54) is 11.8 Å². The second-order valence-electron chi connectivity index (χ2n) is 5.60. The van der Waals surface area contributed by atoms with Crippen LogP contribution in [-0.4, -0.2) is 35.0 Å². The van der Waals surface area contributed by atoms with Gasteiger partial charge in [0.25, 0.3) is 0 Å². The fourth-order valence-corrected chi connectivity index (χ4v) is 2.68. The van der Waals surface area contributed by atoms with Crippen LogP contribution in [0, 0.1) is 0 Å². The van der Waals surface area contributed by atoms with Gasteiger partial charge in [-0.1, -0.05) is 54.1 Å². The highest BCUT2D eigenvalue weighted by Gasteiger charge is 2.29. The number of benzene rings is 2. The Morgan fingerprint density at radius 2 is 1.76 bits per heavy atom. The van der Waals surface area contributed by atoms with Crippen LogP contribution in [0.2, 0.25) is 5.02 Å². The van der Waals surface area contributed by atoms with Gasteiger partial charge in [0.15, 0.2) is 0 Å². The van der Waals surface area contributed by atoms with Crippen molar-refractivity contribution in [3.8, 4) is 0 Å². The Morgan fingerprint density at radius 3 is 2.32 bits per heavy atom. The van der Waals surface area contributed by atoms with Gasteiger partial charge >= 0.3 is 0 Å². The molecule has 0 heterocycles. The van der Waals surface area contributed by atoms with E-state index in [1.807, 2.05) is 30.3 Å². The van der Waals surface area contributed by atoms with Gasteiger partial charge in [-0.2, -0.15) is 0 Å². The fraction of sp³-hybridized carbons (Fsp3) is 0.263. The Hall–Kier alpha value is -2.37. The molecule has 0 saturated carbocycles. The van der Waals surface area contributed by atoms with Gasteiger partial charge in [0.05, 0.1) is 6.61 Å². The van der Waals surface area contributed by atoms with Crippen LogP contribution in [-0.2, 0) is 16.1 Å². The zero-order valence-corrected chi connectivity index (χ0v) is 14.7. The fourth-order valence-electron chi connectivity index (χ4n) is 2.55. The van der Waals surface area contributed by atoms with Crippen molar-refractivity contribution in [2.75, 3.05) is 13.2 Å². The number of carbonyl (C=O) groups is 2. The second kappa shape index (κ2) is 9.20. The molecule has 0 spiro atoms. The summed E-state index contributed by atoms with van der Waals surface area (Å²) in [7, 11) is 0. The van der Waals surface area contributed by atoms with Crippen molar-refractivity contribution in [3.63, 3.8) is 0 Å². The lowest BCUT2D eigenvalue weighted by Crippen LogP contribution is -2.43. The van der Waals surface area contributed by atoms with E-state index in [9.17, 15) is 9.59 Å². The molecule has 2 aromatic rings. The minimum Gasteiger partial charge on any atom is -0.395 e. The number of carbonyl (C=O) groups excluding carboxylic acids is 2. The first kappa shape index (κ1) is 19.0. The molecule has 0 fully saturated rings. The van der Waals surface area contributed by atoms with E-state index in [-0.39, 0.29) is 31.5 Å². The Bertz CT molecular complexity index is 704. The van der Waals surface area contributed by atoms with Gasteiger partial charge in [-0.15, -0.1) is 0 Å². The molecule has 0 radical (unpaired) electrons. The summed E-state index contributed by atoms with van der Waals surface area (Å²) in [5.41, 5.74) is 1.58. The average Bonchev–Trinajstić information content (AvgIpc) is 2.62. The van der Waals surface area contributed by atoms with Crippen LogP contribution in [0.15, 0.2) is 54.6 Å². The first-order valence-electron chi connectivity index (χ1n) is 7.98. The summed E-state index contributed by atoms with van der Waals surface area (Å²) in [6.45, 7) is 1.68. The molecule has 0 aliphatic carbocycles. The average molecular weight is 361 g/mol. The maximum absolute atomic E-state index is 12.7. The number of hydrogen-bond donors (Lipinski definition) is 2. The third-order valence-electron chi connectivity index (χ3n) is 3.76. The number of amides is 2. The number of aliphatic hydroxyl groups is 1. The van der Waals surface area contributed by atoms with Gasteiger partial charge in [0.1, 0.15) is 6.04 Å². The third kappa shape index (κ3) is 5.31.